The molecule has 0 aliphatic carbocycles. The number of carbonyl (C=O) groups is 1. The summed E-state index contributed by atoms with van der Waals surface area (Å²) in [7, 11) is 0. The molecule has 0 spiro atoms. The third kappa shape index (κ3) is 7.49. The predicted molar refractivity (Wildman–Crippen MR) is 166 cm³/mol. The van der Waals surface area contributed by atoms with Crippen LogP contribution in [0.25, 0.3) is 0 Å². The monoisotopic (exact) mass is 581 g/mol. The van der Waals surface area contributed by atoms with E-state index in [1.54, 1.807) is 0 Å². The number of carbonyl (C=O) groups excluding carboxylic acids is 1. The summed E-state index contributed by atoms with van der Waals surface area (Å²) in [5.74, 6) is 0.572. The zero-order chi connectivity index (χ0) is 30.4. The highest BCUT2D eigenvalue weighted by Crippen LogP contribution is 2.41. The van der Waals surface area contributed by atoms with Gasteiger partial charge in [-0.3, -0.25) is 19.4 Å². The molecule has 2 aromatic carbocycles. The average Bonchev–Trinajstić information content (AvgIpc) is 3.40. The lowest BCUT2D eigenvalue weighted by Gasteiger charge is -2.33. The van der Waals surface area contributed by atoms with Gasteiger partial charge in [-0.25, -0.2) is 0 Å². The maximum Gasteiger partial charge on any atom is 0.312 e. The Labute approximate surface area is 255 Å². The number of ether oxygens (including phenoxy) is 2. The van der Waals surface area contributed by atoms with E-state index >= 15 is 0 Å². The van der Waals surface area contributed by atoms with Crippen LogP contribution >= 0.6 is 0 Å². The second-order valence-electron chi connectivity index (χ2n) is 12.2. The van der Waals surface area contributed by atoms with Crippen LogP contribution in [0.3, 0.4) is 0 Å². The second kappa shape index (κ2) is 13.5. The van der Waals surface area contributed by atoms with Crippen molar-refractivity contribution in [3.63, 3.8) is 0 Å². The summed E-state index contributed by atoms with van der Waals surface area (Å²) in [6, 6.07) is 18.5. The molecule has 8 nitrogen and oxygen atoms in total. The van der Waals surface area contributed by atoms with Crippen molar-refractivity contribution in [2.24, 2.45) is 5.41 Å². The SMILES string of the molecule is CCn1cc(CCC(c2ccc(C)c(CN3Cc4ccncc4O[C@H](C)C3)c2)C(C)(C)C(=O)OCc2ccccc2)nn1. The van der Waals surface area contributed by atoms with E-state index in [0.29, 0.717) is 0 Å². The summed E-state index contributed by atoms with van der Waals surface area (Å²) in [5, 5.41) is 8.59. The minimum absolute atomic E-state index is 0.0524. The summed E-state index contributed by atoms with van der Waals surface area (Å²) < 4.78 is 13.9. The first-order valence-corrected chi connectivity index (χ1v) is 15.2. The van der Waals surface area contributed by atoms with Gasteiger partial charge in [0.05, 0.1) is 17.3 Å². The topological polar surface area (TPSA) is 82.4 Å². The molecule has 3 heterocycles. The number of pyridine rings is 1. The minimum Gasteiger partial charge on any atom is -0.487 e. The number of hydrogen-bond acceptors (Lipinski definition) is 7. The lowest BCUT2D eigenvalue weighted by atomic mass is 9.72. The van der Waals surface area contributed by atoms with E-state index in [2.05, 4.69) is 52.2 Å². The Morgan fingerprint density at radius 1 is 1.16 bits per heavy atom. The zero-order valence-electron chi connectivity index (χ0n) is 26.0. The Morgan fingerprint density at radius 2 is 1.98 bits per heavy atom. The standard InChI is InChI=1S/C35H43N5O3/c1-6-40-23-31(37-38-40)14-15-32(35(4,5)34(41)42-24-27-10-8-7-9-11-27)28-13-12-25(2)30(18-28)22-39-20-26(3)43-33-19-36-17-16-29(33)21-39/h7-13,16-19,23,26,32H,6,14-15,20-22,24H2,1-5H3/t26-,32?/m1/s1. The van der Waals surface area contributed by atoms with Crippen molar-refractivity contribution in [2.75, 3.05) is 6.54 Å². The molecule has 0 radical (unpaired) electrons. The molecule has 8 heteroatoms. The van der Waals surface area contributed by atoms with Crippen molar-refractivity contribution >= 4 is 5.97 Å². The minimum atomic E-state index is -0.765. The first-order valence-electron chi connectivity index (χ1n) is 15.2. The number of aryl methyl sites for hydroxylation is 3. The highest BCUT2D eigenvalue weighted by Gasteiger charge is 2.39. The number of aromatic nitrogens is 4. The Bertz CT molecular complexity index is 1520. The van der Waals surface area contributed by atoms with Gasteiger partial charge in [0.1, 0.15) is 18.5 Å². The van der Waals surface area contributed by atoms with E-state index < -0.39 is 5.41 Å². The van der Waals surface area contributed by atoms with Gasteiger partial charge in [-0.1, -0.05) is 53.7 Å². The molecule has 2 atom stereocenters. The van der Waals surface area contributed by atoms with Crippen molar-refractivity contribution in [1.82, 2.24) is 24.9 Å². The molecule has 226 valence electrons. The van der Waals surface area contributed by atoms with E-state index in [-0.39, 0.29) is 24.6 Å². The summed E-state index contributed by atoms with van der Waals surface area (Å²) in [6.45, 7) is 13.7. The summed E-state index contributed by atoms with van der Waals surface area (Å²) in [6.07, 6.45) is 7.14. The second-order valence-corrected chi connectivity index (χ2v) is 12.2. The molecule has 2 aromatic heterocycles. The smallest absolute Gasteiger partial charge is 0.312 e. The molecule has 0 fully saturated rings. The third-order valence-electron chi connectivity index (χ3n) is 8.49. The molecule has 4 aromatic rings. The fourth-order valence-corrected chi connectivity index (χ4v) is 5.90. The van der Waals surface area contributed by atoms with Crippen molar-refractivity contribution in [3.8, 4) is 5.75 Å². The molecule has 0 saturated carbocycles. The van der Waals surface area contributed by atoms with Gasteiger partial charge >= 0.3 is 5.97 Å². The quantitative estimate of drug-likeness (QED) is 0.193. The van der Waals surface area contributed by atoms with Crippen molar-refractivity contribution < 1.29 is 14.3 Å². The predicted octanol–water partition coefficient (Wildman–Crippen LogP) is 6.27. The third-order valence-corrected chi connectivity index (χ3v) is 8.49. The summed E-state index contributed by atoms with van der Waals surface area (Å²) in [5.41, 5.74) is 5.90. The number of benzene rings is 2. The molecule has 0 N–H and O–H groups in total. The maximum absolute atomic E-state index is 13.7. The van der Waals surface area contributed by atoms with Crippen LogP contribution in [0.4, 0.5) is 0 Å². The van der Waals surface area contributed by atoms with Crippen LogP contribution in [0.5, 0.6) is 5.75 Å². The van der Waals surface area contributed by atoms with Crippen LogP contribution in [0.15, 0.2) is 73.2 Å². The van der Waals surface area contributed by atoms with E-state index in [4.69, 9.17) is 9.47 Å². The highest BCUT2D eigenvalue weighted by atomic mass is 16.5. The maximum atomic E-state index is 13.7. The first kappa shape index (κ1) is 30.4. The van der Waals surface area contributed by atoms with E-state index in [9.17, 15) is 4.79 Å². The van der Waals surface area contributed by atoms with Crippen LogP contribution in [0.1, 0.15) is 73.5 Å². The lowest BCUT2D eigenvalue weighted by molar-refractivity contribution is -0.156. The molecule has 0 saturated heterocycles. The number of rotatable bonds is 11. The molecule has 1 aliphatic heterocycles. The van der Waals surface area contributed by atoms with Crippen LogP contribution in [0, 0.1) is 12.3 Å². The normalized spacial score (nSPS) is 16.2. The molecule has 0 amide bonds. The van der Waals surface area contributed by atoms with Gasteiger partial charge in [0.25, 0.3) is 0 Å². The van der Waals surface area contributed by atoms with E-state index in [1.807, 2.05) is 80.4 Å². The van der Waals surface area contributed by atoms with Crippen molar-refractivity contribution in [1.29, 1.82) is 0 Å². The summed E-state index contributed by atoms with van der Waals surface area (Å²) >= 11 is 0. The number of nitrogens with zero attached hydrogens (tertiary/aromatic N) is 5. The highest BCUT2D eigenvalue weighted by molar-refractivity contribution is 5.77. The molecule has 43 heavy (non-hydrogen) atoms. The Kier molecular flexibility index (Phi) is 9.56. The first-order chi connectivity index (χ1) is 20.7. The average molecular weight is 582 g/mol. The van der Waals surface area contributed by atoms with Gasteiger partial charge in [0, 0.05) is 44.1 Å². The Morgan fingerprint density at radius 3 is 2.74 bits per heavy atom. The lowest BCUT2D eigenvalue weighted by Crippen LogP contribution is -2.34. The molecular weight excluding hydrogens is 538 g/mol. The van der Waals surface area contributed by atoms with Crippen LogP contribution in [-0.2, 0) is 42.2 Å². The van der Waals surface area contributed by atoms with Gasteiger partial charge in [0.15, 0.2) is 0 Å². The molecule has 0 bridgehead atoms. The molecular formula is C35H43N5O3. The Balaban J connectivity index is 1.40. The zero-order valence-corrected chi connectivity index (χ0v) is 26.0. The van der Waals surface area contributed by atoms with Crippen LogP contribution in [0.2, 0.25) is 0 Å². The van der Waals surface area contributed by atoms with E-state index in [1.165, 1.54) is 11.1 Å². The van der Waals surface area contributed by atoms with Crippen molar-refractivity contribution in [3.05, 3.63) is 107 Å². The molecule has 5 rings (SSSR count). The van der Waals surface area contributed by atoms with E-state index in [0.717, 1.165) is 67.2 Å². The molecule has 1 aliphatic rings. The fraction of sp³-hybridized carbons (Fsp3) is 0.429. The number of hydrogen-bond donors (Lipinski definition) is 0. The van der Waals surface area contributed by atoms with Gasteiger partial charge in [-0.15, -0.1) is 5.10 Å². The van der Waals surface area contributed by atoms with Gasteiger partial charge < -0.3 is 9.47 Å². The summed E-state index contributed by atoms with van der Waals surface area (Å²) in [4.78, 5) is 20.4. The largest absolute Gasteiger partial charge is 0.487 e. The number of fused-ring (bicyclic) bond motifs is 1. The van der Waals surface area contributed by atoms with Gasteiger partial charge in [-0.2, -0.15) is 0 Å². The van der Waals surface area contributed by atoms with Gasteiger partial charge in [-0.05, 0) is 81.7 Å². The number of esters is 1. The van der Waals surface area contributed by atoms with Crippen LogP contribution < -0.4 is 4.74 Å². The van der Waals surface area contributed by atoms with Crippen LogP contribution in [-0.4, -0.2) is 43.5 Å². The van der Waals surface area contributed by atoms with Crippen molar-refractivity contribution in [2.45, 2.75) is 85.7 Å². The Hall–Kier alpha value is -4.04. The fourth-order valence-electron chi connectivity index (χ4n) is 5.90. The molecule has 1 unspecified atom stereocenters. The van der Waals surface area contributed by atoms with Gasteiger partial charge in [0.2, 0.25) is 0 Å².